The second-order valence-corrected chi connectivity index (χ2v) is 9.56. The van der Waals surface area contributed by atoms with Crippen LogP contribution in [-0.2, 0) is 10.0 Å². The standard InChI is InChI=1S/C18H14Cl2F2N6O2S/c19-12-4-3-11-14(31(29,30)26-13-6-25-28(17(13)20)18(21)22)7-23-15(11)16(12)27-8-10(5-24-27)9-1-2-9/h3-9,18,23,26H,1-2H2. The molecular weight excluding hydrogens is 473 g/mol. The van der Waals surface area contributed by atoms with E-state index in [-0.39, 0.29) is 15.3 Å². The highest BCUT2D eigenvalue weighted by molar-refractivity contribution is 7.93. The van der Waals surface area contributed by atoms with Gasteiger partial charge in [0.05, 0.1) is 22.9 Å². The Morgan fingerprint density at radius 1 is 1.19 bits per heavy atom. The Morgan fingerprint density at radius 3 is 2.65 bits per heavy atom. The van der Waals surface area contributed by atoms with E-state index >= 15 is 0 Å². The molecule has 5 rings (SSSR count). The zero-order valence-electron chi connectivity index (χ0n) is 15.6. The van der Waals surface area contributed by atoms with Crippen molar-refractivity contribution in [2.24, 2.45) is 0 Å². The number of nitrogens with one attached hydrogen (secondary N) is 2. The Balaban J connectivity index is 1.56. The van der Waals surface area contributed by atoms with E-state index in [4.69, 9.17) is 23.2 Å². The number of hydrogen-bond acceptors (Lipinski definition) is 4. The smallest absolute Gasteiger partial charge is 0.334 e. The molecule has 3 aromatic heterocycles. The van der Waals surface area contributed by atoms with Crippen LogP contribution < -0.4 is 4.72 Å². The SMILES string of the molecule is O=S(=O)(Nc1cnn(C(F)F)c1Cl)c1c[nH]c2c(-n3cc(C4CC4)cn3)c(Cl)ccc12. The summed E-state index contributed by atoms with van der Waals surface area (Å²) in [5, 5.41) is 8.00. The molecule has 8 nitrogen and oxygen atoms in total. The summed E-state index contributed by atoms with van der Waals surface area (Å²) in [6.07, 6.45) is 8.10. The summed E-state index contributed by atoms with van der Waals surface area (Å²) < 4.78 is 55.7. The van der Waals surface area contributed by atoms with Gasteiger partial charge in [0.2, 0.25) is 0 Å². The van der Waals surface area contributed by atoms with E-state index in [0.29, 0.717) is 27.5 Å². The van der Waals surface area contributed by atoms with Gasteiger partial charge in [0, 0.05) is 17.8 Å². The Bertz CT molecular complexity index is 1410. The molecule has 13 heteroatoms. The molecule has 0 amide bonds. The van der Waals surface area contributed by atoms with Crippen molar-refractivity contribution in [3.63, 3.8) is 0 Å². The molecule has 1 aliphatic rings. The fraction of sp³-hybridized carbons (Fsp3) is 0.222. The van der Waals surface area contributed by atoms with E-state index in [1.807, 2.05) is 6.20 Å². The van der Waals surface area contributed by atoms with Crippen LogP contribution in [0.3, 0.4) is 0 Å². The molecule has 1 aromatic carbocycles. The fourth-order valence-electron chi connectivity index (χ4n) is 3.42. The fourth-order valence-corrected chi connectivity index (χ4v) is 5.15. The number of benzene rings is 1. The number of rotatable bonds is 6. The first-order chi connectivity index (χ1) is 14.8. The molecule has 4 aromatic rings. The normalized spacial score (nSPS) is 14.6. The zero-order chi connectivity index (χ0) is 21.9. The Labute approximate surface area is 184 Å². The largest absolute Gasteiger partial charge is 0.358 e. The van der Waals surface area contributed by atoms with Crippen LogP contribution in [0.5, 0.6) is 0 Å². The first-order valence-electron chi connectivity index (χ1n) is 9.15. The van der Waals surface area contributed by atoms with Gasteiger partial charge in [-0.25, -0.2) is 13.1 Å². The van der Waals surface area contributed by atoms with Gasteiger partial charge in [-0.1, -0.05) is 23.2 Å². The van der Waals surface area contributed by atoms with Gasteiger partial charge in [0.15, 0.2) is 5.15 Å². The Kier molecular flexibility index (Phi) is 4.72. The molecule has 1 aliphatic carbocycles. The molecule has 0 saturated heterocycles. The number of fused-ring (bicyclic) bond motifs is 1. The summed E-state index contributed by atoms with van der Waals surface area (Å²) in [6, 6.07) is 3.13. The van der Waals surface area contributed by atoms with E-state index in [2.05, 4.69) is 19.9 Å². The predicted molar refractivity (Wildman–Crippen MR) is 112 cm³/mol. The zero-order valence-corrected chi connectivity index (χ0v) is 17.9. The summed E-state index contributed by atoms with van der Waals surface area (Å²) in [5.41, 5.74) is 1.82. The highest BCUT2D eigenvalue weighted by Gasteiger charge is 2.27. The molecule has 0 unspecified atom stereocenters. The predicted octanol–water partition coefficient (Wildman–Crippen LogP) is 4.93. The maximum Gasteiger partial charge on any atom is 0.334 e. The average molecular weight is 487 g/mol. The van der Waals surface area contributed by atoms with Crippen molar-refractivity contribution in [1.82, 2.24) is 24.5 Å². The highest BCUT2D eigenvalue weighted by Crippen LogP contribution is 2.41. The van der Waals surface area contributed by atoms with Crippen molar-refractivity contribution in [3.8, 4) is 5.69 Å². The first kappa shape index (κ1) is 20.3. The minimum absolute atomic E-state index is 0.101. The molecule has 3 heterocycles. The average Bonchev–Trinajstić information content (AvgIpc) is 3.12. The van der Waals surface area contributed by atoms with Gasteiger partial charge < -0.3 is 4.98 Å². The van der Waals surface area contributed by atoms with Gasteiger partial charge in [-0.2, -0.15) is 23.7 Å². The van der Waals surface area contributed by atoms with Crippen LogP contribution in [0.4, 0.5) is 14.5 Å². The van der Waals surface area contributed by atoms with Gasteiger partial charge in [-0.3, -0.25) is 4.72 Å². The van der Waals surface area contributed by atoms with E-state index in [9.17, 15) is 17.2 Å². The van der Waals surface area contributed by atoms with Gasteiger partial charge in [0.1, 0.15) is 16.3 Å². The van der Waals surface area contributed by atoms with Gasteiger partial charge in [-0.05, 0) is 36.5 Å². The molecule has 1 fully saturated rings. The summed E-state index contributed by atoms with van der Waals surface area (Å²) in [4.78, 5) is 2.84. The third-order valence-electron chi connectivity index (χ3n) is 5.08. The molecule has 0 bridgehead atoms. The number of sulfonamides is 1. The van der Waals surface area contributed by atoms with Crippen molar-refractivity contribution in [2.45, 2.75) is 30.2 Å². The number of nitrogens with zero attached hydrogens (tertiary/aromatic N) is 4. The van der Waals surface area contributed by atoms with Crippen molar-refractivity contribution in [3.05, 3.63) is 52.7 Å². The van der Waals surface area contributed by atoms with Crippen molar-refractivity contribution < 1.29 is 17.2 Å². The molecule has 31 heavy (non-hydrogen) atoms. The maximum atomic E-state index is 13.0. The van der Waals surface area contributed by atoms with Crippen LogP contribution in [-0.4, -0.2) is 33.0 Å². The monoisotopic (exact) mass is 486 g/mol. The molecular formula is C18H14Cl2F2N6O2S. The Hall–Kier alpha value is -2.63. The van der Waals surface area contributed by atoms with Gasteiger partial charge in [0.25, 0.3) is 10.0 Å². The first-order valence-corrected chi connectivity index (χ1v) is 11.4. The van der Waals surface area contributed by atoms with Crippen molar-refractivity contribution >= 4 is 49.8 Å². The van der Waals surface area contributed by atoms with Crippen LogP contribution in [0, 0.1) is 0 Å². The molecule has 0 radical (unpaired) electrons. The van der Waals surface area contributed by atoms with Crippen LogP contribution in [0.25, 0.3) is 16.6 Å². The number of hydrogen-bond donors (Lipinski definition) is 2. The van der Waals surface area contributed by atoms with E-state index in [0.717, 1.165) is 24.6 Å². The van der Waals surface area contributed by atoms with Crippen molar-refractivity contribution in [2.75, 3.05) is 4.72 Å². The lowest BCUT2D eigenvalue weighted by Gasteiger charge is -2.08. The lowest BCUT2D eigenvalue weighted by molar-refractivity contribution is 0.0570. The second kappa shape index (κ2) is 7.21. The third-order valence-corrected chi connectivity index (χ3v) is 7.16. The van der Waals surface area contributed by atoms with E-state index in [1.54, 1.807) is 23.0 Å². The lowest BCUT2D eigenvalue weighted by atomic mass is 10.2. The van der Waals surface area contributed by atoms with Crippen LogP contribution in [0.2, 0.25) is 10.2 Å². The minimum atomic E-state index is -4.18. The third kappa shape index (κ3) is 3.46. The lowest BCUT2D eigenvalue weighted by Crippen LogP contribution is -2.12. The van der Waals surface area contributed by atoms with Crippen molar-refractivity contribution in [1.29, 1.82) is 0 Å². The number of alkyl halides is 2. The number of H-pyrrole nitrogens is 1. The molecule has 0 spiro atoms. The second-order valence-electron chi connectivity index (χ2n) is 7.14. The van der Waals surface area contributed by atoms with Gasteiger partial charge in [-0.15, -0.1) is 0 Å². The van der Waals surface area contributed by atoms with E-state index < -0.39 is 21.7 Å². The quantitative estimate of drug-likeness (QED) is 0.403. The van der Waals surface area contributed by atoms with Gasteiger partial charge >= 0.3 is 6.55 Å². The number of halogens is 4. The molecule has 162 valence electrons. The topological polar surface area (TPSA) is 97.6 Å². The molecule has 1 saturated carbocycles. The number of anilines is 1. The molecule has 0 atom stereocenters. The van der Waals surface area contributed by atoms with Crippen LogP contribution in [0.15, 0.2) is 41.8 Å². The van der Waals surface area contributed by atoms with E-state index in [1.165, 1.54) is 6.20 Å². The summed E-state index contributed by atoms with van der Waals surface area (Å²) in [6.45, 7) is -3.00. The van der Waals surface area contributed by atoms with Crippen LogP contribution >= 0.6 is 23.2 Å². The Morgan fingerprint density at radius 2 is 1.97 bits per heavy atom. The molecule has 2 N–H and O–H groups in total. The summed E-state index contributed by atoms with van der Waals surface area (Å²) in [7, 11) is -4.18. The summed E-state index contributed by atoms with van der Waals surface area (Å²) in [5.74, 6) is 0.495. The summed E-state index contributed by atoms with van der Waals surface area (Å²) >= 11 is 12.2. The number of aromatic nitrogens is 5. The number of aromatic amines is 1. The highest BCUT2D eigenvalue weighted by atomic mass is 35.5. The van der Waals surface area contributed by atoms with Crippen LogP contribution in [0.1, 0.15) is 30.9 Å². The maximum absolute atomic E-state index is 13.0. The molecule has 0 aliphatic heterocycles. The minimum Gasteiger partial charge on any atom is -0.358 e.